The number of thioether (sulfide) groups is 1. The van der Waals surface area contributed by atoms with Gasteiger partial charge in [0.15, 0.2) is 4.34 Å². The Kier molecular flexibility index (Phi) is 4.83. The highest BCUT2D eigenvalue weighted by Crippen LogP contribution is 2.25. The van der Waals surface area contributed by atoms with E-state index >= 15 is 0 Å². The van der Waals surface area contributed by atoms with Crippen molar-refractivity contribution in [1.29, 1.82) is 0 Å². The smallest absolute Gasteiger partial charge is 0.206 e. The number of rotatable bonds is 7. The van der Waals surface area contributed by atoms with E-state index in [1.165, 1.54) is 29.4 Å². The highest BCUT2D eigenvalue weighted by molar-refractivity contribution is 8.02. The fourth-order valence-electron chi connectivity index (χ4n) is 1.20. The molecule has 9 heteroatoms. The number of nitrogens with one attached hydrogen (secondary N) is 1. The minimum absolute atomic E-state index is 0.145. The van der Waals surface area contributed by atoms with Crippen LogP contribution in [0, 0.1) is 0 Å². The van der Waals surface area contributed by atoms with E-state index in [-0.39, 0.29) is 5.75 Å². The van der Waals surface area contributed by atoms with Crippen LogP contribution in [-0.2, 0) is 16.4 Å². The lowest BCUT2D eigenvalue weighted by molar-refractivity contribution is 0.518. The summed E-state index contributed by atoms with van der Waals surface area (Å²) in [4.78, 5) is 0. The van der Waals surface area contributed by atoms with Crippen LogP contribution in [0.25, 0.3) is 0 Å². The molecule has 104 valence electrons. The van der Waals surface area contributed by atoms with Crippen LogP contribution in [0.15, 0.2) is 27.2 Å². The number of sulfone groups is 1. The molecule has 2 rings (SSSR count). The maximum Gasteiger partial charge on any atom is 0.206 e. The van der Waals surface area contributed by atoms with Gasteiger partial charge in [-0.2, -0.15) is 0 Å². The second-order valence-electron chi connectivity index (χ2n) is 3.78. The number of nitrogens with zero attached hydrogens (tertiary/aromatic N) is 2. The Morgan fingerprint density at radius 3 is 3.00 bits per heavy atom. The Hall–Kier alpha value is -1.06. The van der Waals surface area contributed by atoms with Crippen molar-refractivity contribution < 1.29 is 12.8 Å². The van der Waals surface area contributed by atoms with Crippen molar-refractivity contribution in [1.82, 2.24) is 10.2 Å². The molecule has 0 aromatic carbocycles. The number of furan rings is 1. The standard InChI is InChI=1S/C10H13N3O3S3/c1-19(14,15)6-5-17-10-13-12-9(18-10)11-7-8-3-2-4-16-8/h2-4H,5-7H2,1H3,(H,11,12). The Morgan fingerprint density at radius 1 is 1.47 bits per heavy atom. The van der Waals surface area contributed by atoms with Crippen LogP contribution in [0.4, 0.5) is 5.13 Å². The predicted molar refractivity (Wildman–Crippen MR) is 76.4 cm³/mol. The van der Waals surface area contributed by atoms with E-state index in [9.17, 15) is 8.42 Å². The molecule has 0 fully saturated rings. The second kappa shape index (κ2) is 6.40. The summed E-state index contributed by atoms with van der Waals surface area (Å²) in [5, 5.41) is 11.7. The molecule has 0 atom stereocenters. The van der Waals surface area contributed by atoms with Crippen LogP contribution in [0.2, 0.25) is 0 Å². The molecular formula is C10H13N3O3S3. The van der Waals surface area contributed by atoms with Gasteiger partial charge in [0.2, 0.25) is 5.13 Å². The SMILES string of the molecule is CS(=O)(=O)CCSc1nnc(NCc2ccco2)s1. The minimum atomic E-state index is -2.92. The van der Waals surface area contributed by atoms with Crippen molar-refractivity contribution in [3.63, 3.8) is 0 Å². The zero-order chi connectivity index (χ0) is 13.7. The Morgan fingerprint density at radius 2 is 2.32 bits per heavy atom. The molecule has 0 aliphatic heterocycles. The molecule has 0 amide bonds. The number of hydrogen-bond acceptors (Lipinski definition) is 8. The summed E-state index contributed by atoms with van der Waals surface area (Å²) in [6.45, 7) is 0.551. The highest BCUT2D eigenvalue weighted by Gasteiger charge is 2.07. The van der Waals surface area contributed by atoms with Crippen LogP contribution in [0.3, 0.4) is 0 Å². The van der Waals surface area contributed by atoms with E-state index in [4.69, 9.17) is 4.42 Å². The van der Waals surface area contributed by atoms with E-state index in [2.05, 4.69) is 15.5 Å². The van der Waals surface area contributed by atoms with E-state index in [0.29, 0.717) is 17.4 Å². The summed E-state index contributed by atoms with van der Waals surface area (Å²) in [6.07, 6.45) is 2.84. The minimum Gasteiger partial charge on any atom is -0.467 e. The summed E-state index contributed by atoms with van der Waals surface area (Å²) in [6, 6.07) is 3.69. The van der Waals surface area contributed by atoms with Crippen molar-refractivity contribution in [2.45, 2.75) is 10.9 Å². The molecule has 6 nitrogen and oxygen atoms in total. The average molecular weight is 319 g/mol. The number of anilines is 1. The maximum atomic E-state index is 11.0. The van der Waals surface area contributed by atoms with Crippen molar-refractivity contribution in [2.24, 2.45) is 0 Å². The first-order chi connectivity index (χ1) is 9.03. The third kappa shape index (κ3) is 5.21. The molecule has 0 aliphatic carbocycles. The normalized spacial score (nSPS) is 11.6. The zero-order valence-electron chi connectivity index (χ0n) is 10.2. The molecule has 0 bridgehead atoms. The molecule has 19 heavy (non-hydrogen) atoms. The molecular weight excluding hydrogens is 306 g/mol. The van der Waals surface area contributed by atoms with E-state index < -0.39 is 9.84 Å². The summed E-state index contributed by atoms with van der Waals surface area (Å²) in [7, 11) is -2.92. The van der Waals surface area contributed by atoms with Gasteiger partial charge in [0.1, 0.15) is 15.6 Å². The summed E-state index contributed by atoms with van der Waals surface area (Å²) < 4.78 is 27.9. The third-order valence-corrected chi connectivity index (χ3v) is 5.30. The van der Waals surface area contributed by atoms with Crippen LogP contribution in [0.5, 0.6) is 0 Å². The molecule has 0 aliphatic rings. The maximum absolute atomic E-state index is 11.0. The largest absolute Gasteiger partial charge is 0.467 e. The van der Waals surface area contributed by atoms with Crippen LogP contribution >= 0.6 is 23.1 Å². The van der Waals surface area contributed by atoms with E-state index in [0.717, 1.165) is 10.1 Å². The van der Waals surface area contributed by atoms with Gasteiger partial charge in [-0.15, -0.1) is 10.2 Å². The first-order valence-electron chi connectivity index (χ1n) is 5.43. The van der Waals surface area contributed by atoms with Gasteiger partial charge in [-0.05, 0) is 12.1 Å². The first kappa shape index (κ1) is 14.4. The van der Waals surface area contributed by atoms with Gasteiger partial charge in [-0.1, -0.05) is 23.1 Å². The van der Waals surface area contributed by atoms with Gasteiger partial charge in [-0.25, -0.2) is 8.42 Å². The Bertz CT molecular complexity index is 607. The van der Waals surface area contributed by atoms with Gasteiger partial charge >= 0.3 is 0 Å². The summed E-state index contributed by atoms with van der Waals surface area (Å²) in [5.41, 5.74) is 0. The number of aromatic nitrogens is 2. The second-order valence-corrected chi connectivity index (χ2v) is 8.36. The molecule has 0 saturated carbocycles. The zero-order valence-corrected chi connectivity index (χ0v) is 12.6. The third-order valence-electron chi connectivity index (χ3n) is 2.08. The van der Waals surface area contributed by atoms with Gasteiger partial charge < -0.3 is 9.73 Å². The molecule has 0 spiro atoms. The molecule has 0 unspecified atom stereocenters. The van der Waals surface area contributed by atoms with Gasteiger partial charge in [0, 0.05) is 12.0 Å². The molecule has 0 saturated heterocycles. The van der Waals surface area contributed by atoms with Gasteiger partial charge in [0.25, 0.3) is 0 Å². The fraction of sp³-hybridized carbons (Fsp3) is 0.400. The molecule has 2 heterocycles. The Labute approximate surface area is 119 Å². The molecule has 1 N–H and O–H groups in total. The van der Waals surface area contributed by atoms with Crippen molar-refractivity contribution in [2.75, 3.05) is 23.1 Å². The van der Waals surface area contributed by atoms with Crippen molar-refractivity contribution in [3.05, 3.63) is 24.2 Å². The predicted octanol–water partition coefficient (Wildman–Crippen LogP) is 1.88. The fourth-order valence-corrected chi connectivity index (χ4v) is 4.21. The van der Waals surface area contributed by atoms with Crippen LogP contribution < -0.4 is 5.32 Å². The van der Waals surface area contributed by atoms with Gasteiger partial charge in [0.05, 0.1) is 18.6 Å². The topological polar surface area (TPSA) is 85.1 Å². The quantitative estimate of drug-likeness (QED) is 0.780. The van der Waals surface area contributed by atoms with Crippen molar-refractivity contribution in [3.8, 4) is 0 Å². The average Bonchev–Trinajstić information content (AvgIpc) is 2.94. The molecule has 0 radical (unpaired) electrons. The summed E-state index contributed by atoms with van der Waals surface area (Å²) >= 11 is 2.79. The van der Waals surface area contributed by atoms with Crippen molar-refractivity contribution >= 4 is 38.1 Å². The molecule has 2 aromatic rings. The lowest BCUT2D eigenvalue weighted by atomic mass is 10.4. The van der Waals surface area contributed by atoms with E-state index in [1.54, 1.807) is 6.26 Å². The number of hydrogen-bond donors (Lipinski definition) is 1. The van der Waals surface area contributed by atoms with Crippen LogP contribution in [0.1, 0.15) is 5.76 Å². The highest BCUT2D eigenvalue weighted by atomic mass is 32.2. The lowest BCUT2D eigenvalue weighted by Gasteiger charge is -1.97. The molecule has 2 aromatic heterocycles. The van der Waals surface area contributed by atoms with Crippen LogP contribution in [-0.4, -0.2) is 36.4 Å². The monoisotopic (exact) mass is 319 g/mol. The van der Waals surface area contributed by atoms with E-state index in [1.807, 2.05) is 12.1 Å². The summed E-state index contributed by atoms with van der Waals surface area (Å²) in [5.74, 6) is 1.46. The lowest BCUT2D eigenvalue weighted by Crippen LogP contribution is -2.04. The first-order valence-corrected chi connectivity index (χ1v) is 9.29. The Balaban J connectivity index is 1.78. The van der Waals surface area contributed by atoms with Gasteiger partial charge in [-0.3, -0.25) is 0 Å².